The molecule has 0 saturated heterocycles. The molecule has 0 aliphatic heterocycles. The van der Waals surface area contributed by atoms with Gasteiger partial charge in [0.25, 0.3) is 0 Å². The zero-order chi connectivity index (χ0) is 13.8. The number of nitrogens with one attached hydrogen (secondary N) is 1. The number of anilines is 1. The summed E-state index contributed by atoms with van der Waals surface area (Å²) in [5, 5.41) is 2.98. The van der Waals surface area contributed by atoms with E-state index in [4.69, 9.17) is 0 Å². The van der Waals surface area contributed by atoms with Crippen LogP contribution in [0.25, 0.3) is 0 Å². The molecule has 0 bridgehead atoms. The molecule has 0 radical (unpaired) electrons. The van der Waals surface area contributed by atoms with E-state index in [0.29, 0.717) is 11.0 Å². The highest BCUT2D eigenvalue weighted by molar-refractivity contribution is 9.10. The summed E-state index contributed by atoms with van der Waals surface area (Å²) in [4.78, 5) is 0. The maximum Gasteiger partial charge on any atom is 0.150 e. The first-order valence-corrected chi connectivity index (χ1v) is 6.92. The summed E-state index contributed by atoms with van der Waals surface area (Å²) >= 11 is 3.15. The number of rotatable bonds is 5. The third-order valence-electron chi connectivity index (χ3n) is 2.77. The fraction of sp³-hybridized carbons (Fsp3) is 0.286. The molecule has 19 heavy (non-hydrogen) atoms. The average molecular weight is 329 g/mol. The summed E-state index contributed by atoms with van der Waals surface area (Å²) in [7, 11) is 0. The van der Waals surface area contributed by atoms with Crippen LogP contribution in [0.5, 0.6) is 0 Å². The SMILES string of the molecule is CCCn1ccc(CNc2c(F)cc(F)cc2Br)c1. The maximum atomic E-state index is 13.6. The number of aryl methyl sites for hydroxylation is 1. The standard InChI is InChI=1S/C14H15BrF2N2/c1-2-4-19-5-3-10(9-19)8-18-14-12(15)6-11(16)7-13(14)17/h3,5-7,9,18H,2,4,8H2,1H3. The summed E-state index contributed by atoms with van der Waals surface area (Å²) < 4.78 is 29.0. The zero-order valence-electron chi connectivity index (χ0n) is 10.6. The van der Waals surface area contributed by atoms with E-state index in [1.807, 2.05) is 18.5 Å². The Kier molecular flexibility index (Phi) is 4.58. The third-order valence-corrected chi connectivity index (χ3v) is 3.40. The fourth-order valence-electron chi connectivity index (χ4n) is 1.89. The average Bonchev–Trinajstić information content (AvgIpc) is 2.76. The first-order chi connectivity index (χ1) is 9.10. The van der Waals surface area contributed by atoms with Crippen molar-refractivity contribution in [2.45, 2.75) is 26.4 Å². The van der Waals surface area contributed by atoms with Gasteiger partial charge in [0.05, 0.1) is 5.69 Å². The Morgan fingerprint density at radius 2 is 2.11 bits per heavy atom. The molecule has 5 heteroatoms. The molecule has 0 atom stereocenters. The van der Waals surface area contributed by atoms with Crippen molar-refractivity contribution in [3.63, 3.8) is 0 Å². The van der Waals surface area contributed by atoms with Gasteiger partial charge in [-0.25, -0.2) is 8.78 Å². The van der Waals surface area contributed by atoms with E-state index < -0.39 is 11.6 Å². The normalized spacial score (nSPS) is 10.7. The van der Waals surface area contributed by atoms with Crippen molar-refractivity contribution in [2.75, 3.05) is 5.32 Å². The largest absolute Gasteiger partial charge is 0.378 e. The maximum absolute atomic E-state index is 13.6. The van der Waals surface area contributed by atoms with E-state index in [2.05, 4.69) is 32.7 Å². The highest BCUT2D eigenvalue weighted by Gasteiger charge is 2.09. The Hall–Kier alpha value is -1.36. The van der Waals surface area contributed by atoms with Crippen LogP contribution in [0.15, 0.2) is 35.1 Å². The van der Waals surface area contributed by atoms with Gasteiger partial charge in [-0.05, 0) is 40.0 Å². The van der Waals surface area contributed by atoms with Gasteiger partial charge in [-0.2, -0.15) is 0 Å². The Balaban J connectivity index is 2.05. The Morgan fingerprint density at radius 3 is 2.79 bits per heavy atom. The van der Waals surface area contributed by atoms with Crippen LogP contribution in [-0.4, -0.2) is 4.57 Å². The van der Waals surface area contributed by atoms with Crippen LogP contribution < -0.4 is 5.32 Å². The topological polar surface area (TPSA) is 17.0 Å². The molecule has 0 aliphatic rings. The quantitative estimate of drug-likeness (QED) is 0.851. The molecule has 0 amide bonds. The predicted molar refractivity (Wildman–Crippen MR) is 76.1 cm³/mol. The molecular weight excluding hydrogens is 314 g/mol. The van der Waals surface area contributed by atoms with Crippen molar-refractivity contribution in [1.82, 2.24) is 4.57 Å². The van der Waals surface area contributed by atoms with Crippen LogP contribution in [0.3, 0.4) is 0 Å². The first kappa shape index (κ1) is 14.1. The molecular formula is C14H15BrF2N2. The number of hydrogen-bond donors (Lipinski definition) is 1. The lowest BCUT2D eigenvalue weighted by Crippen LogP contribution is -2.02. The Morgan fingerprint density at radius 1 is 1.32 bits per heavy atom. The van der Waals surface area contributed by atoms with Gasteiger partial charge in [0, 0.05) is 36.0 Å². The first-order valence-electron chi connectivity index (χ1n) is 6.13. The lowest BCUT2D eigenvalue weighted by molar-refractivity contribution is 0.583. The minimum absolute atomic E-state index is 0.282. The van der Waals surface area contributed by atoms with Crippen LogP contribution >= 0.6 is 15.9 Å². The molecule has 2 rings (SSSR count). The molecule has 0 saturated carbocycles. The summed E-state index contributed by atoms with van der Waals surface area (Å²) in [5.74, 6) is -1.19. The van der Waals surface area contributed by atoms with E-state index in [1.165, 1.54) is 6.07 Å². The molecule has 0 spiro atoms. The highest BCUT2D eigenvalue weighted by Crippen LogP contribution is 2.27. The van der Waals surface area contributed by atoms with Gasteiger partial charge in [-0.15, -0.1) is 0 Å². The minimum Gasteiger partial charge on any atom is -0.378 e. The summed E-state index contributed by atoms with van der Waals surface area (Å²) in [6.45, 7) is 3.58. The predicted octanol–water partition coefficient (Wildman–Crippen LogP) is 4.55. The van der Waals surface area contributed by atoms with Gasteiger partial charge in [-0.1, -0.05) is 6.92 Å². The van der Waals surface area contributed by atoms with Gasteiger partial charge in [-0.3, -0.25) is 0 Å². The second-order valence-electron chi connectivity index (χ2n) is 4.36. The molecule has 1 aromatic carbocycles. The summed E-state index contributed by atoms with van der Waals surface area (Å²) in [5.41, 5.74) is 1.34. The van der Waals surface area contributed by atoms with Crippen LogP contribution in [-0.2, 0) is 13.1 Å². The Labute approximate surface area is 119 Å². The van der Waals surface area contributed by atoms with Crippen LogP contribution in [0.4, 0.5) is 14.5 Å². The van der Waals surface area contributed by atoms with E-state index >= 15 is 0 Å². The second-order valence-corrected chi connectivity index (χ2v) is 5.21. The number of halogens is 3. The fourth-order valence-corrected chi connectivity index (χ4v) is 2.44. The number of hydrogen-bond acceptors (Lipinski definition) is 1. The molecule has 1 N–H and O–H groups in total. The second kappa shape index (κ2) is 6.19. The number of aromatic nitrogens is 1. The number of nitrogens with zero attached hydrogens (tertiary/aromatic N) is 1. The molecule has 1 aromatic heterocycles. The lowest BCUT2D eigenvalue weighted by Gasteiger charge is -2.09. The van der Waals surface area contributed by atoms with Crippen LogP contribution in [0.2, 0.25) is 0 Å². The molecule has 2 aromatic rings. The van der Waals surface area contributed by atoms with Crippen molar-refractivity contribution in [2.24, 2.45) is 0 Å². The molecule has 2 nitrogen and oxygen atoms in total. The third kappa shape index (κ3) is 3.56. The van der Waals surface area contributed by atoms with Crippen molar-refractivity contribution in [3.8, 4) is 0 Å². The molecule has 102 valence electrons. The minimum atomic E-state index is -0.597. The van der Waals surface area contributed by atoms with E-state index in [1.54, 1.807) is 0 Å². The van der Waals surface area contributed by atoms with E-state index in [9.17, 15) is 8.78 Å². The Bertz CT molecular complexity index is 543. The summed E-state index contributed by atoms with van der Waals surface area (Å²) in [6, 6.07) is 4.10. The molecule has 0 unspecified atom stereocenters. The number of benzene rings is 1. The monoisotopic (exact) mass is 328 g/mol. The molecule has 0 aliphatic carbocycles. The lowest BCUT2D eigenvalue weighted by atomic mass is 10.2. The zero-order valence-corrected chi connectivity index (χ0v) is 12.2. The smallest absolute Gasteiger partial charge is 0.150 e. The van der Waals surface area contributed by atoms with E-state index in [0.717, 1.165) is 24.6 Å². The van der Waals surface area contributed by atoms with E-state index in [-0.39, 0.29) is 5.69 Å². The van der Waals surface area contributed by atoms with Crippen molar-refractivity contribution in [3.05, 3.63) is 52.3 Å². The van der Waals surface area contributed by atoms with Gasteiger partial charge >= 0.3 is 0 Å². The summed E-state index contributed by atoms with van der Waals surface area (Å²) in [6.07, 6.45) is 5.09. The van der Waals surface area contributed by atoms with Crippen LogP contribution in [0, 0.1) is 11.6 Å². The van der Waals surface area contributed by atoms with Gasteiger partial charge in [0.1, 0.15) is 11.6 Å². The van der Waals surface area contributed by atoms with Crippen molar-refractivity contribution in [1.29, 1.82) is 0 Å². The van der Waals surface area contributed by atoms with Crippen molar-refractivity contribution >= 4 is 21.6 Å². The van der Waals surface area contributed by atoms with Gasteiger partial charge in [0.15, 0.2) is 0 Å². The van der Waals surface area contributed by atoms with Gasteiger partial charge in [0.2, 0.25) is 0 Å². The molecule has 1 heterocycles. The van der Waals surface area contributed by atoms with Gasteiger partial charge < -0.3 is 9.88 Å². The molecule has 0 fully saturated rings. The highest BCUT2D eigenvalue weighted by atomic mass is 79.9. The van der Waals surface area contributed by atoms with Crippen molar-refractivity contribution < 1.29 is 8.78 Å². The van der Waals surface area contributed by atoms with Crippen LogP contribution in [0.1, 0.15) is 18.9 Å².